The van der Waals surface area contributed by atoms with Gasteiger partial charge in [0, 0.05) is 25.2 Å². The first-order valence-corrected chi connectivity index (χ1v) is 6.80. The monoisotopic (exact) mass is 254 g/mol. The summed E-state index contributed by atoms with van der Waals surface area (Å²) in [5, 5.41) is 8.97. The molecule has 1 N–H and O–H groups in total. The van der Waals surface area contributed by atoms with Gasteiger partial charge in [-0.3, -0.25) is 4.79 Å². The van der Waals surface area contributed by atoms with E-state index in [2.05, 4.69) is 0 Å². The van der Waals surface area contributed by atoms with Crippen molar-refractivity contribution >= 4 is 12.0 Å². The highest BCUT2D eigenvalue weighted by Gasteiger charge is 2.37. The standard InChI is InChI=1S/C13H22N2O3/c1-9(2)14-7-8-15(13(14)18)11-5-3-10(4-6-11)12(16)17/h9-11H,3-8H2,1-2H3,(H,16,17). The maximum Gasteiger partial charge on any atom is 0.320 e. The van der Waals surface area contributed by atoms with Crippen LogP contribution in [0.4, 0.5) is 4.79 Å². The highest BCUT2D eigenvalue weighted by molar-refractivity contribution is 5.77. The molecule has 0 radical (unpaired) electrons. The molecule has 102 valence electrons. The van der Waals surface area contributed by atoms with E-state index in [4.69, 9.17) is 5.11 Å². The van der Waals surface area contributed by atoms with Crippen LogP contribution >= 0.6 is 0 Å². The molecule has 2 fully saturated rings. The van der Waals surface area contributed by atoms with Gasteiger partial charge in [0.05, 0.1) is 5.92 Å². The van der Waals surface area contributed by atoms with Crippen molar-refractivity contribution in [2.45, 2.75) is 51.6 Å². The number of hydrogen-bond acceptors (Lipinski definition) is 2. The quantitative estimate of drug-likeness (QED) is 0.835. The largest absolute Gasteiger partial charge is 0.481 e. The first-order chi connectivity index (χ1) is 8.50. The van der Waals surface area contributed by atoms with E-state index < -0.39 is 5.97 Å². The number of carboxylic acid groups (broad SMARTS) is 1. The molecule has 0 aromatic carbocycles. The topological polar surface area (TPSA) is 60.9 Å². The van der Waals surface area contributed by atoms with Gasteiger partial charge in [0.25, 0.3) is 0 Å². The van der Waals surface area contributed by atoms with Crippen LogP contribution in [0.15, 0.2) is 0 Å². The van der Waals surface area contributed by atoms with Crippen molar-refractivity contribution in [3.05, 3.63) is 0 Å². The Morgan fingerprint density at radius 2 is 1.83 bits per heavy atom. The van der Waals surface area contributed by atoms with Gasteiger partial charge >= 0.3 is 12.0 Å². The first-order valence-electron chi connectivity index (χ1n) is 6.80. The van der Waals surface area contributed by atoms with E-state index in [1.54, 1.807) is 0 Å². The molecular weight excluding hydrogens is 232 g/mol. The molecule has 1 saturated heterocycles. The van der Waals surface area contributed by atoms with Crippen molar-refractivity contribution in [2.75, 3.05) is 13.1 Å². The number of amides is 2. The molecule has 0 bridgehead atoms. The van der Waals surface area contributed by atoms with Crippen LogP contribution in [0.1, 0.15) is 39.5 Å². The number of aliphatic carboxylic acids is 1. The van der Waals surface area contributed by atoms with E-state index in [1.807, 2.05) is 23.6 Å². The van der Waals surface area contributed by atoms with Crippen LogP contribution in [0.3, 0.4) is 0 Å². The molecule has 0 aromatic rings. The average molecular weight is 254 g/mol. The lowest BCUT2D eigenvalue weighted by atomic mass is 9.85. The van der Waals surface area contributed by atoms with E-state index in [9.17, 15) is 9.59 Å². The number of hydrogen-bond donors (Lipinski definition) is 1. The second-order valence-electron chi connectivity index (χ2n) is 5.61. The smallest absolute Gasteiger partial charge is 0.320 e. The molecular formula is C13H22N2O3. The van der Waals surface area contributed by atoms with Gasteiger partial charge in [-0.2, -0.15) is 0 Å². The van der Waals surface area contributed by atoms with E-state index in [0.717, 1.165) is 25.9 Å². The maximum absolute atomic E-state index is 12.2. The van der Waals surface area contributed by atoms with Gasteiger partial charge in [0.15, 0.2) is 0 Å². The lowest BCUT2D eigenvalue weighted by molar-refractivity contribution is -0.143. The second-order valence-corrected chi connectivity index (χ2v) is 5.61. The number of carbonyl (C=O) groups is 2. The third kappa shape index (κ3) is 2.44. The Balaban J connectivity index is 1.91. The lowest BCUT2D eigenvalue weighted by Gasteiger charge is -2.33. The van der Waals surface area contributed by atoms with Crippen LogP contribution in [-0.4, -0.2) is 52.1 Å². The zero-order chi connectivity index (χ0) is 13.3. The van der Waals surface area contributed by atoms with Crippen molar-refractivity contribution in [2.24, 2.45) is 5.92 Å². The van der Waals surface area contributed by atoms with Crippen molar-refractivity contribution in [1.29, 1.82) is 0 Å². The average Bonchev–Trinajstić information content (AvgIpc) is 2.71. The zero-order valence-corrected chi connectivity index (χ0v) is 11.1. The van der Waals surface area contributed by atoms with Gasteiger partial charge in [-0.15, -0.1) is 0 Å². The number of rotatable bonds is 3. The van der Waals surface area contributed by atoms with Gasteiger partial charge in [-0.25, -0.2) is 4.79 Å². The van der Waals surface area contributed by atoms with Crippen LogP contribution in [0.5, 0.6) is 0 Å². The van der Waals surface area contributed by atoms with Crippen LogP contribution in [0.25, 0.3) is 0 Å². The molecule has 2 rings (SSSR count). The van der Waals surface area contributed by atoms with E-state index in [-0.39, 0.29) is 24.0 Å². The fourth-order valence-corrected chi connectivity index (χ4v) is 3.02. The lowest BCUT2D eigenvalue weighted by Crippen LogP contribution is -2.43. The summed E-state index contributed by atoms with van der Waals surface area (Å²) < 4.78 is 0. The predicted molar refractivity (Wildman–Crippen MR) is 67.3 cm³/mol. The minimum atomic E-state index is -0.690. The van der Waals surface area contributed by atoms with Crippen molar-refractivity contribution in [3.8, 4) is 0 Å². The van der Waals surface area contributed by atoms with Gasteiger partial charge < -0.3 is 14.9 Å². The summed E-state index contributed by atoms with van der Waals surface area (Å²) in [6.45, 7) is 5.65. The van der Waals surface area contributed by atoms with Crippen LogP contribution in [-0.2, 0) is 4.79 Å². The highest BCUT2D eigenvalue weighted by atomic mass is 16.4. The second kappa shape index (κ2) is 5.16. The molecule has 18 heavy (non-hydrogen) atoms. The zero-order valence-electron chi connectivity index (χ0n) is 11.1. The molecule has 1 aliphatic carbocycles. The summed E-state index contributed by atoms with van der Waals surface area (Å²) in [6, 6.07) is 0.624. The predicted octanol–water partition coefficient (Wildman–Crippen LogP) is 1.78. The van der Waals surface area contributed by atoms with E-state index in [1.165, 1.54) is 0 Å². The van der Waals surface area contributed by atoms with Gasteiger partial charge in [0.2, 0.25) is 0 Å². The van der Waals surface area contributed by atoms with Gasteiger partial charge in [0.1, 0.15) is 0 Å². The molecule has 0 aromatic heterocycles. The molecule has 2 amide bonds. The summed E-state index contributed by atoms with van der Waals surface area (Å²) >= 11 is 0. The summed E-state index contributed by atoms with van der Waals surface area (Å²) in [5.41, 5.74) is 0. The van der Waals surface area contributed by atoms with Crippen LogP contribution < -0.4 is 0 Å². The van der Waals surface area contributed by atoms with Crippen LogP contribution in [0, 0.1) is 5.92 Å². The molecule has 1 heterocycles. The molecule has 0 spiro atoms. The Bertz CT molecular complexity index is 335. The first kappa shape index (κ1) is 13.2. The Morgan fingerprint density at radius 1 is 1.22 bits per heavy atom. The molecule has 0 unspecified atom stereocenters. The minimum absolute atomic E-state index is 0.128. The number of nitrogens with zero attached hydrogens (tertiary/aromatic N) is 2. The normalized spacial score (nSPS) is 29.2. The van der Waals surface area contributed by atoms with Crippen molar-refractivity contribution in [3.63, 3.8) is 0 Å². The minimum Gasteiger partial charge on any atom is -0.481 e. The van der Waals surface area contributed by atoms with Crippen LogP contribution in [0.2, 0.25) is 0 Å². The molecule has 5 heteroatoms. The summed E-state index contributed by atoms with van der Waals surface area (Å²) in [7, 11) is 0. The summed E-state index contributed by atoms with van der Waals surface area (Å²) in [5.74, 6) is -0.898. The maximum atomic E-state index is 12.2. The third-order valence-corrected chi connectivity index (χ3v) is 4.18. The van der Waals surface area contributed by atoms with Crippen molar-refractivity contribution in [1.82, 2.24) is 9.80 Å². The Morgan fingerprint density at radius 3 is 2.28 bits per heavy atom. The Hall–Kier alpha value is -1.26. The summed E-state index contributed by atoms with van der Waals surface area (Å²) in [4.78, 5) is 26.9. The highest BCUT2D eigenvalue weighted by Crippen LogP contribution is 2.30. The van der Waals surface area contributed by atoms with Crippen molar-refractivity contribution < 1.29 is 14.7 Å². The molecule has 5 nitrogen and oxygen atoms in total. The SMILES string of the molecule is CC(C)N1CCN(C2CCC(C(=O)O)CC2)C1=O. The summed E-state index contributed by atoms with van der Waals surface area (Å²) in [6.07, 6.45) is 3.06. The third-order valence-electron chi connectivity index (χ3n) is 4.18. The molecule has 0 atom stereocenters. The molecule has 1 saturated carbocycles. The van der Waals surface area contributed by atoms with Gasteiger partial charge in [-0.1, -0.05) is 0 Å². The van der Waals surface area contributed by atoms with E-state index >= 15 is 0 Å². The molecule has 2 aliphatic rings. The number of carbonyl (C=O) groups excluding carboxylic acids is 1. The van der Waals surface area contributed by atoms with Gasteiger partial charge in [-0.05, 0) is 39.5 Å². The number of urea groups is 1. The fourth-order valence-electron chi connectivity index (χ4n) is 3.02. The Labute approximate surface area is 108 Å². The molecule has 1 aliphatic heterocycles. The number of carboxylic acids is 1. The van der Waals surface area contributed by atoms with E-state index in [0.29, 0.717) is 12.8 Å². The fraction of sp³-hybridized carbons (Fsp3) is 0.846. The Kier molecular flexibility index (Phi) is 3.78.